The molecule has 0 saturated heterocycles. The van der Waals surface area contributed by atoms with Crippen molar-refractivity contribution in [3.05, 3.63) is 0 Å². The Morgan fingerprint density at radius 2 is 2.10 bits per heavy atom. The van der Waals surface area contributed by atoms with E-state index in [0.717, 1.165) is 12.8 Å². The summed E-state index contributed by atoms with van der Waals surface area (Å²) in [5, 5.41) is -0.345. The first-order valence-electron chi connectivity index (χ1n) is 3.05. The number of sulfonamides is 1. The van der Waals surface area contributed by atoms with Gasteiger partial charge in [0, 0.05) is 5.54 Å². The summed E-state index contributed by atoms with van der Waals surface area (Å²) in [4.78, 5) is 0. The van der Waals surface area contributed by atoms with Crippen molar-refractivity contribution < 1.29 is 8.42 Å². The largest absolute Gasteiger partial charge is 0.226 e. The molecule has 0 aliphatic heterocycles. The summed E-state index contributed by atoms with van der Waals surface area (Å²) in [7, 11) is -3.20. The van der Waals surface area contributed by atoms with E-state index in [9.17, 15) is 8.42 Å². The molecule has 1 aliphatic rings. The van der Waals surface area contributed by atoms with Crippen molar-refractivity contribution in [3.8, 4) is 0 Å². The van der Waals surface area contributed by atoms with Gasteiger partial charge in [0.1, 0.15) is 5.21 Å². The lowest BCUT2D eigenvalue weighted by atomic mass is 10.4. The highest BCUT2D eigenvalue weighted by atomic mass is 35.5. The molecule has 0 spiro atoms. The standard InChI is InChI=1S/C5H10ClNO2S/c1-5(2-3-5)7-10(8,9)4-6/h7H,2-4H2,1H3. The molecule has 0 aromatic heterocycles. The average molecular weight is 184 g/mol. The van der Waals surface area contributed by atoms with E-state index in [-0.39, 0.29) is 10.8 Å². The topological polar surface area (TPSA) is 46.2 Å². The highest BCUT2D eigenvalue weighted by molar-refractivity contribution is 7.90. The third-order valence-electron chi connectivity index (χ3n) is 1.55. The molecular formula is C5H10ClNO2S. The Bertz CT molecular complexity index is 220. The van der Waals surface area contributed by atoms with Crippen LogP contribution in [0.3, 0.4) is 0 Å². The smallest absolute Gasteiger partial charge is 0.211 e. The maximum Gasteiger partial charge on any atom is 0.226 e. The maximum absolute atomic E-state index is 10.8. The zero-order chi connectivity index (χ0) is 7.83. The van der Waals surface area contributed by atoms with Gasteiger partial charge in [-0.1, -0.05) is 0 Å². The van der Waals surface area contributed by atoms with Crippen LogP contribution in [-0.2, 0) is 10.0 Å². The van der Waals surface area contributed by atoms with Gasteiger partial charge in [0.2, 0.25) is 10.0 Å². The van der Waals surface area contributed by atoms with E-state index in [1.165, 1.54) is 0 Å². The molecule has 0 amide bonds. The van der Waals surface area contributed by atoms with Gasteiger partial charge < -0.3 is 0 Å². The molecule has 60 valence electrons. The van der Waals surface area contributed by atoms with Gasteiger partial charge in [-0.3, -0.25) is 0 Å². The lowest BCUT2D eigenvalue weighted by molar-refractivity contribution is 0.562. The van der Waals surface area contributed by atoms with Gasteiger partial charge >= 0.3 is 0 Å². The molecule has 1 aliphatic carbocycles. The van der Waals surface area contributed by atoms with E-state index in [2.05, 4.69) is 4.72 Å². The summed E-state index contributed by atoms with van der Waals surface area (Å²) >= 11 is 5.18. The highest BCUT2D eigenvalue weighted by Crippen LogP contribution is 2.34. The normalized spacial score (nSPS) is 22.6. The summed E-state index contributed by atoms with van der Waals surface area (Å²) in [5.41, 5.74) is -0.187. The van der Waals surface area contributed by atoms with E-state index in [4.69, 9.17) is 11.6 Å². The van der Waals surface area contributed by atoms with Crippen LogP contribution in [0.15, 0.2) is 0 Å². The Morgan fingerprint density at radius 1 is 1.60 bits per heavy atom. The summed E-state index contributed by atoms with van der Waals surface area (Å²) in [6.45, 7) is 1.87. The predicted octanol–water partition coefficient (Wildman–Crippen LogP) is 0.655. The van der Waals surface area contributed by atoms with E-state index >= 15 is 0 Å². The number of nitrogens with one attached hydrogen (secondary N) is 1. The highest BCUT2D eigenvalue weighted by Gasteiger charge is 2.40. The van der Waals surface area contributed by atoms with Crippen LogP contribution >= 0.6 is 11.6 Å². The molecule has 0 unspecified atom stereocenters. The zero-order valence-corrected chi connectivity index (χ0v) is 7.30. The predicted molar refractivity (Wildman–Crippen MR) is 40.4 cm³/mol. The first-order valence-corrected chi connectivity index (χ1v) is 5.24. The van der Waals surface area contributed by atoms with Crippen LogP contribution in [0.4, 0.5) is 0 Å². The zero-order valence-electron chi connectivity index (χ0n) is 5.72. The summed E-state index contributed by atoms with van der Waals surface area (Å²) in [6, 6.07) is 0. The van der Waals surface area contributed by atoms with Crippen LogP contribution in [0, 0.1) is 0 Å². The van der Waals surface area contributed by atoms with Crippen LogP contribution in [0.5, 0.6) is 0 Å². The minimum atomic E-state index is -3.20. The van der Waals surface area contributed by atoms with Gasteiger partial charge in [0.05, 0.1) is 0 Å². The Hall–Kier alpha value is 0.200. The van der Waals surface area contributed by atoms with Crippen LogP contribution in [0.25, 0.3) is 0 Å². The third kappa shape index (κ3) is 2.11. The molecule has 0 radical (unpaired) electrons. The lowest BCUT2D eigenvalue weighted by Crippen LogP contribution is -2.34. The van der Waals surface area contributed by atoms with Gasteiger partial charge in [0.25, 0.3) is 0 Å². The van der Waals surface area contributed by atoms with Gasteiger partial charge in [-0.05, 0) is 19.8 Å². The van der Waals surface area contributed by atoms with Crippen molar-refractivity contribution in [1.82, 2.24) is 4.72 Å². The van der Waals surface area contributed by atoms with E-state index in [1.54, 1.807) is 0 Å². The molecular weight excluding hydrogens is 174 g/mol. The Balaban J connectivity index is 2.53. The van der Waals surface area contributed by atoms with Crippen molar-refractivity contribution in [3.63, 3.8) is 0 Å². The molecule has 0 atom stereocenters. The molecule has 5 heteroatoms. The lowest BCUT2D eigenvalue weighted by Gasteiger charge is -2.08. The molecule has 1 fully saturated rings. The first kappa shape index (κ1) is 8.30. The fraction of sp³-hybridized carbons (Fsp3) is 1.00. The minimum Gasteiger partial charge on any atom is -0.211 e. The second kappa shape index (κ2) is 2.36. The number of halogens is 1. The SMILES string of the molecule is CC1(NS(=O)(=O)CCl)CC1. The second-order valence-corrected chi connectivity index (χ2v) is 5.19. The maximum atomic E-state index is 10.8. The fourth-order valence-electron chi connectivity index (χ4n) is 0.692. The molecule has 1 saturated carbocycles. The number of hydrogen-bond donors (Lipinski definition) is 1. The molecule has 0 heterocycles. The van der Waals surface area contributed by atoms with Crippen molar-refractivity contribution in [1.29, 1.82) is 0 Å². The van der Waals surface area contributed by atoms with Crippen LogP contribution in [-0.4, -0.2) is 19.2 Å². The first-order chi connectivity index (χ1) is 4.47. The van der Waals surface area contributed by atoms with E-state index in [1.807, 2.05) is 6.92 Å². The van der Waals surface area contributed by atoms with Crippen molar-refractivity contribution in [2.24, 2.45) is 0 Å². The van der Waals surface area contributed by atoms with E-state index < -0.39 is 10.0 Å². The van der Waals surface area contributed by atoms with Gasteiger partial charge in [-0.2, -0.15) is 0 Å². The fourth-order valence-corrected chi connectivity index (χ4v) is 1.87. The molecule has 1 rings (SSSR count). The van der Waals surface area contributed by atoms with Crippen LogP contribution < -0.4 is 4.72 Å². The third-order valence-corrected chi connectivity index (χ3v) is 3.50. The molecule has 0 aromatic carbocycles. The monoisotopic (exact) mass is 183 g/mol. The summed E-state index contributed by atoms with van der Waals surface area (Å²) in [6.07, 6.45) is 1.84. The quantitative estimate of drug-likeness (QED) is 0.654. The Kier molecular flexibility index (Phi) is 1.96. The van der Waals surface area contributed by atoms with Crippen LogP contribution in [0.1, 0.15) is 19.8 Å². The summed E-state index contributed by atoms with van der Waals surface area (Å²) < 4.78 is 24.1. The number of rotatable bonds is 3. The molecule has 1 N–H and O–H groups in total. The van der Waals surface area contributed by atoms with Crippen molar-refractivity contribution >= 4 is 21.6 Å². The average Bonchev–Trinajstić information content (AvgIpc) is 2.47. The van der Waals surface area contributed by atoms with Gasteiger partial charge in [0.15, 0.2) is 0 Å². The Labute approximate surface area is 65.8 Å². The van der Waals surface area contributed by atoms with Gasteiger partial charge in [-0.15, -0.1) is 11.6 Å². The molecule has 0 bridgehead atoms. The van der Waals surface area contributed by atoms with Crippen LogP contribution in [0.2, 0.25) is 0 Å². The molecule has 10 heavy (non-hydrogen) atoms. The second-order valence-electron chi connectivity index (χ2n) is 2.89. The number of hydrogen-bond acceptors (Lipinski definition) is 2. The van der Waals surface area contributed by atoms with E-state index in [0.29, 0.717) is 0 Å². The summed E-state index contributed by atoms with van der Waals surface area (Å²) in [5.74, 6) is 0. The van der Waals surface area contributed by atoms with Crippen molar-refractivity contribution in [2.45, 2.75) is 25.3 Å². The number of alkyl halides is 1. The molecule has 3 nitrogen and oxygen atoms in total. The Morgan fingerprint density at radius 3 is 2.40 bits per heavy atom. The van der Waals surface area contributed by atoms with Crippen molar-refractivity contribution in [2.75, 3.05) is 5.21 Å². The minimum absolute atomic E-state index is 0.187. The molecule has 0 aromatic rings. The van der Waals surface area contributed by atoms with Gasteiger partial charge in [-0.25, -0.2) is 13.1 Å².